The van der Waals surface area contributed by atoms with E-state index in [1.807, 2.05) is 0 Å². The molecule has 6 heteroatoms. The number of amides is 2. The van der Waals surface area contributed by atoms with Gasteiger partial charge >= 0.3 is 0 Å². The van der Waals surface area contributed by atoms with E-state index in [-0.39, 0.29) is 18.4 Å². The molecule has 2 amide bonds. The van der Waals surface area contributed by atoms with Crippen LogP contribution in [0.25, 0.3) is 0 Å². The van der Waals surface area contributed by atoms with Crippen LogP contribution in [0.5, 0.6) is 0 Å². The predicted molar refractivity (Wildman–Crippen MR) is 79.7 cm³/mol. The molecule has 0 spiro atoms. The number of rotatable bonds is 7. The zero-order chi connectivity index (χ0) is 15.1. The number of nitrogens with one attached hydrogen (secondary N) is 1. The molecule has 2 N–H and O–H groups in total. The third-order valence-electron chi connectivity index (χ3n) is 4.49. The van der Waals surface area contributed by atoms with Crippen LogP contribution < -0.4 is 5.32 Å². The van der Waals surface area contributed by atoms with Gasteiger partial charge in [-0.15, -0.1) is 0 Å². The van der Waals surface area contributed by atoms with E-state index in [9.17, 15) is 9.59 Å². The van der Waals surface area contributed by atoms with Crippen molar-refractivity contribution in [1.82, 2.24) is 15.1 Å². The van der Waals surface area contributed by atoms with Gasteiger partial charge in [0.15, 0.2) is 0 Å². The molecule has 2 heterocycles. The van der Waals surface area contributed by atoms with Gasteiger partial charge in [-0.1, -0.05) is 0 Å². The third kappa shape index (κ3) is 5.28. The first-order valence-electron chi connectivity index (χ1n) is 8.06. The molecule has 21 heavy (non-hydrogen) atoms. The van der Waals surface area contributed by atoms with Crippen molar-refractivity contribution in [3.05, 3.63) is 0 Å². The van der Waals surface area contributed by atoms with Crippen molar-refractivity contribution < 1.29 is 14.7 Å². The average Bonchev–Trinajstić information content (AvgIpc) is 2.90. The first kappa shape index (κ1) is 16.2. The molecule has 2 aliphatic heterocycles. The average molecular weight is 297 g/mol. The molecule has 0 aromatic rings. The minimum atomic E-state index is 0.0486. The minimum Gasteiger partial charge on any atom is -0.395 e. The van der Waals surface area contributed by atoms with Crippen LogP contribution in [0.15, 0.2) is 0 Å². The van der Waals surface area contributed by atoms with Gasteiger partial charge in [0.25, 0.3) is 0 Å². The van der Waals surface area contributed by atoms with Crippen LogP contribution in [0.2, 0.25) is 0 Å². The normalized spacial score (nSPS) is 21.0. The van der Waals surface area contributed by atoms with Crippen LogP contribution in [0.4, 0.5) is 0 Å². The lowest BCUT2D eigenvalue weighted by Crippen LogP contribution is -2.40. The van der Waals surface area contributed by atoms with Gasteiger partial charge in [0.1, 0.15) is 0 Å². The Kier molecular flexibility index (Phi) is 6.45. The van der Waals surface area contributed by atoms with E-state index in [0.29, 0.717) is 25.3 Å². The van der Waals surface area contributed by atoms with Gasteiger partial charge in [-0.2, -0.15) is 0 Å². The van der Waals surface area contributed by atoms with Crippen LogP contribution in [-0.2, 0) is 9.59 Å². The lowest BCUT2D eigenvalue weighted by Gasteiger charge is -2.31. The van der Waals surface area contributed by atoms with Crippen molar-refractivity contribution in [3.63, 3.8) is 0 Å². The maximum absolute atomic E-state index is 11.8. The number of β-amino-alcohol motifs (C(OH)–C–C–N with tert-alkyl or cyclic N) is 1. The van der Waals surface area contributed by atoms with Gasteiger partial charge in [-0.3, -0.25) is 9.59 Å². The molecule has 0 bridgehead atoms. The highest BCUT2D eigenvalue weighted by Gasteiger charge is 2.21. The van der Waals surface area contributed by atoms with Crippen molar-refractivity contribution in [1.29, 1.82) is 0 Å². The lowest BCUT2D eigenvalue weighted by molar-refractivity contribution is -0.128. The fraction of sp³-hybridized carbons (Fsp3) is 0.867. The number of carbonyl (C=O) groups is 2. The van der Waals surface area contributed by atoms with Crippen LogP contribution in [0.3, 0.4) is 0 Å². The Morgan fingerprint density at radius 2 is 2.00 bits per heavy atom. The van der Waals surface area contributed by atoms with Crippen molar-refractivity contribution in [2.75, 3.05) is 45.9 Å². The Hall–Kier alpha value is -1.14. The van der Waals surface area contributed by atoms with E-state index in [2.05, 4.69) is 10.2 Å². The Balaban J connectivity index is 1.56. The number of aliphatic hydroxyl groups excluding tert-OH is 1. The lowest BCUT2D eigenvalue weighted by atomic mass is 9.97. The molecule has 0 aromatic carbocycles. The zero-order valence-electron chi connectivity index (χ0n) is 12.7. The number of nitrogens with zero attached hydrogens (tertiary/aromatic N) is 2. The Labute approximate surface area is 126 Å². The molecular weight excluding hydrogens is 270 g/mol. The monoisotopic (exact) mass is 297 g/mol. The number of hydrogen-bond donors (Lipinski definition) is 2. The molecule has 0 unspecified atom stereocenters. The summed E-state index contributed by atoms with van der Waals surface area (Å²) in [7, 11) is 0. The van der Waals surface area contributed by atoms with Crippen molar-refractivity contribution >= 4 is 11.8 Å². The number of carbonyl (C=O) groups excluding carboxylic acids is 2. The number of aliphatic hydroxyl groups is 1. The third-order valence-corrected chi connectivity index (χ3v) is 4.49. The highest BCUT2D eigenvalue weighted by Crippen LogP contribution is 2.16. The number of hydrogen-bond acceptors (Lipinski definition) is 4. The molecule has 2 fully saturated rings. The van der Waals surface area contributed by atoms with Gasteiger partial charge < -0.3 is 20.2 Å². The summed E-state index contributed by atoms with van der Waals surface area (Å²) in [4.78, 5) is 27.3. The summed E-state index contributed by atoms with van der Waals surface area (Å²) < 4.78 is 0. The summed E-state index contributed by atoms with van der Waals surface area (Å²) in [5.41, 5.74) is 0. The Morgan fingerprint density at radius 3 is 2.62 bits per heavy atom. The molecular formula is C15H27N3O3. The van der Waals surface area contributed by atoms with Gasteiger partial charge in [-0.25, -0.2) is 0 Å². The van der Waals surface area contributed by atoms with E-state index < -0.39 is 0 Å². The molecule has 0 atom stereocenters. The van der Waals surface area contributed by atoms with Gasteiger partial charge in [0, 0.05) is 39.0 Å². The summed E-state index contributed by atoms with van der Waals surface area (Å²) >= 11 is 0. The van der Waals surface area contributed by atoms with Crippen LogP contribution in [0, 0.1) is 5.92 Å². The van der Waals surface area contributed by atoms with E-state index in [0.717, 1.165) is 52.0 Å². The summed E-state index contributed by atoms with van der Waals surface area (Å²) in [5.74, 6) is 0.767. The second kappa shape index (κ2) is 8.34. The standard InChI is InChI=1S/C15H27N3O3/c19-11-10-17-7-3-13(4-8-17)12-16-14(20)5-9-18-6-1-2-15(18)21/h13,19H,1-12H2,(H,16,20). The van der Waals surface area contributed by atoms with Crippen LogP contribution in [-0.4, -0.2) is 72.6 Å². The summed E-state index contributed by atoms with van der Waals surface area (Å²) in [5, 5.41) is 11.9. The topological polar surface area (TPSA) is 72.9 Å². The molecule has 0 aliphatic carbocycles. The molecule has 2 rings (SSSR count). The van der Waals surface area contributed by atoms with E-state index in [4.69, 9.17) is 5.11 Å². The SMILES string of the molecule is O=C(CCN1CCCC1=O)NCC1CCN(CCO)CC1. The smallest absolute Gasteiger partial charge is 0.222 e. The summed E-state index contributed by atoms with van der Waals surface area (Å²) in [6.45, 7) is 5.07. The van der Waals surface area contributed by atoms with E-state index in [1.54, 1.807) is 4.90 Å². The summed E-state index contributed by atoms with van der Waals surface area (Å²) in [6, 6.07) is 0. The first-order chi connectivity index (χ1) is 10.2. The molecule has 0 aromatic heterocycles. The van der Waals surface area contributed by atoms with Crippen LogP contribution >= 0.6 is 0 Å². The molecule has 0 saturated carbocycles. The molecule has 2 aliphatic rings. The fourth-order valence-corrected chi connectivity index (χ4v) is 3.08. The molecule has 6 nitrogen and oxygen atoms in total. The van der Waals surface area contributed by atoms with Gasteiger partial charge in [-0.05, 0) is 38.3 Å². The summed E-state index contributed by atoms with van der Waals surface area (Å²) in [6.07, 6.45) is 4.12. The second-order valence-electron chi connectivity index (χ2n) is 6.05. The Bertz CT molecular complexity index is 354. The Morgan fingerprint density at radius 1 is 1.24 bits per heavy atom. The zero-order valence-corrected chi connectivity index (χ0v) is 12.7. The van der Waals surface area contributed by atoms with Gasteiger partial charge in [0.2, 0.25) is 11.8 Å². The van der Waals surface area contributed by atoms with Crippen molar-refractivity contribution in [2.24, 2.45) is 5.92 Å². The highest BCUT2D eigenvalue weighted by atomic mass is 16.3. The molecule has 2 saturated heterocycles. The van der Waals surface area contributed by atoms with Crippen LogP contribution in [0.1, 0.15) is 32.1 Å². The first-order valence-corrected chi connectivity index (χ1v) is 8.06. The minimum absolute atomic E-state index is 0.0486. The maximum atomic E-state index is 11.8. The molecule has 0 radical (unpaired) electrons. The fourth-order valence-electron chi connectivity index (χ4n) is 3.08. The van der Waals surface area contributed by atoms with Crippen molar-refractivity contribution in [3.8, 4) is 0 Å². The number of piperidine rings is 1. The number of likely N-dealkylation sites (tertiary alicyclic amines) is 2. The quantitative estimate of drug-likeness (QED) is 0.684. The van der Waals surface area contributed by atoms with E-state index in [1.165, 1.54) is 0 Å². The van der Waals surface area contributed by atoms with E-state index >= 15 is 0 Å². The maximum Gasteiger partial charge on any atom is 0.222 e. The molecule has 120 valence electrons. The second-order valence-corrected chi connectivity index (χ2v) is 6.05. The van der Waals surface area contributed by atoms with Gasteiger partial charge in [0.05, 0.1) is 6.61 Å². The predicted octanol–water partition coefficient (Wildman–Crippen LogP) is -0.181. The highest BCUT2D eigenvalue weighted by molar-refractivity contribution is 5.80. The van der Waals surface area contributed by atoms with Crippen molar-refractivity contribution in [2.45, 2.75) is 32.1 Å². The largest absolute Gasteiger partial charge is 0.395 e.